The van der Waals surface area contributed by atoms with Gasteiger partial charge in [0, 0.05) is 57.4 Å². The molecule has 2 unspecified atom stereocenters. The van der Waals surface area contributed by atoms with Crippen LogP contribution in [0.15, 0.2) is 36.9 Å². The maximum Gasteiger partial charge on any atom is 0.321 e. The van der Waals surface area contributed by atoms with Crippen molar-refractivity contribution in [3.63, 3.8) is 0 Å². The Morgan fingerprint density at radius 2 is 1.84 bits per heavy atom. The molecule has 2 fully saturated rings. The Morgan fingerprint density at radius 1 is 1.10 bits per heavy atom. The lowest BCUT2D eigenvalue weighted by atomic mass is 10.0. The van der Waals surface area contributed by atoms with Gasteiger partial charge in [0.05, 0.1) is 12.9 Å². The van der Waals surface area contributed by atoms with Crippen molar-refractivity contribution in [2.45, 2.75) is 13.5 Å². The van der Waals surface area contributed by atoms with Crippen molar-refractivity contribution < 1.29 is 9.53 Å². The zero-order chi connectivity index (χ0) is 21.4. The number of aromatic nitrogens is 4. The normalized spacial score (nSPS) is 20.5. The first kappa shape index (κ1) is 19.7. The molecule has 1 N–H and O–H groups in total. The second-order valence-corrected chi connectivity index (χ2v) is 8.43. The first-order valence-corrected chi connectivity index (χ1v) is 10.6. The Hall–Kier alpha value is -3.20. The second-order valence-electron chi connectivity index (χ2n) is 8.43. The smallest absolute Gasteiger partial charge is 0.321 e. The molecule has 9 nitrogen and oxygen atoms in total. The van der Waals surface area contributed by atoms with E-state index in [2.05, 4.69) is 25.2 Å². The Kier molecular flexibility index (Phi) is 5.19. The number of carbonyl (C=O) groups excluding carboxylic acids is 1. The van der Waals surface area contributed by atoms with Gasteiger partial charge in [0.25, 0.3) is 0 Å². The van der Waals surface area contributed by atoms with Gasteiger partial charge in [-0.15, -0.1) is 0 Å². The minimum atomic E-state index is -0.0221. The molecule has 2 aliphatic heterocycles. The monoisotopic (exact) mass is 421 g/mol. The molecule has 2 saturated heterocycles. The second kappa shape index (κ2) is 8.14. The number of nitrogens with zero attached hydrogens (tertiary/aromatic N) is 6. The number of likely N-dealkylation sites (tertiary alicyclic amines) is 1. The highest BCUT2D eigenvalue weighted by Crippen LogP contribution is 2.35. The van der Waals surface area contributed by atoms with Crippen LogP contribution in [0.2, 0.25) is 0 Å². The third-order valence-corrected chi connectivity index (χ3v) is 6.29. The summed E-state index contributed by atoms with van der Waals surface area (Å²) in [7, 11) is 1.69. The van der Waals surface area contributed by atoms with Gasteiger partial charge in [-0.25, -0.2) is 19.7 Å². The Morgan fingerprint density at radius 3 is 2.55 bits per heavy atom. The van der Waals surface area contributed by atoms with Gasteiger partial charge in [0.1, 0.15) is 6.33 Å². The summed E-state index contributed by atoms with van der Waals surface area (Å²) in [5.41, 5.74) is 3.67. The predicted molar refractivity (Wildman–Crippen MR) is 118 cm³/mol. The number of anilines is 2. The van der Waals surface area contributed by atoms with E-state index in [-0.39, 0.29) is 6.03 Å². The van der Waals surface area contributed by atoms with Crippen LogP contribution >= 0.6 is 0 Å². The minimum absolute atomic E-state index is 0.0221. The lowest BCUT2D eigenvalue weighted by molar-refractivity contribution is 0.188. The largest absolute Gasteiger partial charge is 0.383 e. The topological polar surface area (TPSA) is 88.4 Å². The van der Waals surface area contributed by atoms with Crippen LogP contribution < -0.4 is 10.2 Å². The Balaban J connectivity index is 1.24. The van der Waals surface area contributed by atoms with Crippen LogP contribution in [0.25, 0.3) is 11.2 Å². The van der Waals surface area contributed by atoms with Gasteiger partial charge in [0.2, 0.25) is 0 Å². The fourth-order valence-electron chi connectivity index (χ4n) is 4.62. The van der Waals surface area contributed by atoms with Gasteiger partial charge in [-0.2, -0.15) is 0 Å². The number of urea groups is 1. The van der Waals surface area contributed by atoms with Crippen molar-refractivity contribution in [3.8, 4) is 0 Å². The SMILES string of the molecule is COCCn1cnc2c(N3CC4CN(C(=O)Nc5ccc(C)cc5)CC4C3)ncnc21. The summed E-state index contributed by atoms with van der Waals surface area (Å²) in [6, 6.07) is 7.87. The number of imidazole rings is 1. The first-order chi connectivity index (χ1) is 15.1. The summed E-state index contributed by atoms with van der Waals surface area (Å²) in [6.07, 6.45) is 3.41. The molecule has 0 radical (unpaired) electrons. The van der Waals surface area contributed by atoms with Crippen molar-refractivity contribution in [1.29, 1.82) is 0 Å². The summed E-state index contributed by atoms with van der Waals surface area (Å²) in [6.45, 7) is 6.62. The highest BCUT2D eigenvalue weighted by Gasteiger charge is 2.42. The molecular weight excluding hydrogens is 394 g/mol. The van der Waals surface area contributed by atoms with Crippen molar-refractivity contribution >= 4 is 28.7 Å². The lowest BCUT2D eigenvalue weighted by Gasteiger charge is -2.23. The number of carbonyl (C=O) groups is 1. The summed E-state index contributed by atoms with van der Waals surface area (Å²) >= 11 is 0. The number of benzene rings is 1. The molecular formula is C22H27N7O2. The van der Waals surface area contributed by atoms with Crippen molar-refractivity contribution in [2.24, 2.45) is 11.8 Å². The molecule has 2 aromatic heterocycles. The molecule has 2 atom stereocenters. The van der Waals surface area contributed by atoms with Gasteiger partial charge in [-0.1, -0.05) is 17.7 Å². The summed E-state index contributed by atoms with van der Waals surface area (Å²) in [5, 5.41) is 3.02. The maximum absolute atomic E-state index is 12.7. The molecule has 0 spiro atoms. The van der Waals surface area contributed by atoms with Crippen LogP contribution in [0.4, 0.5) is 16.3 Å². The minimum Gasteiger partial charge on any atom is -0.383 e. The number of ether oxygens (including phenoxy) is 1. The average Bonchev–Trinajstić information content (AvgIpc) is 3.46. The number of fused-ring (bicyclic) bond motifs is 2. The van der Waals surface area contributed by atoms with Crippen molar-refractivity contribution in [1.82, 2.24) is 24.4 Å². The molecule has 5 rings (SSSR count). The Labute approximate surface area is 181 Å². The molecule has 2 aliphatic rings. The molecule has 1 aromatic carbocycles. The van der Waals surface area contributed by atoms with E-state index < -0.39 is 0 Å². The summed E-state index contributed by atoms with van der Waals surface area (Å²) in [5.74, 6) is 1.75. The molecule has 31 heavy (non-hydrogen) atoms. The van der Waals surface area contributed by atoms with E-state index in [1.807, 2.05) is 40.7 Å². The molecule has 9 heteroatoms. The molecule has 0 aliphatic carbocycles. The maximum atomic E-state index is 12.7. The zero-order valence-electron chi connectivity index (χ0n) is 17.9. The van der Waals surface area contributed by atoms with E-state index in [0.29, 0.717) is 25.0 Å². The van der Waals surface area contributed by atoms with Gasteiger partial charge in [0.15, 0.2) is 17.0 Å². The van der Waals surface area contributed by atoms with Crippen LogP contribution in [0.5, 0.6) is 0 Å². The standard InChI is InChI=1S/C22H27N7O2/c1-15-3-5-18(6-4-15)26-22(30)29-11-16-9-28(10-17(16)12-29)21-19-20(23-13-24-21)27(14-25-19)7-8-31-2/h3-6,13-14,16-17H,7-12H2,1-2H3,(H,26,30). The van der Waals surface area contributed by atoms with Gasteiger partial charge < -0.3 is 24.4 Å². The number of nitrogens with one attached hydrogen (secondary N) is 1. The van der Waals surface area contributed by atoms with E-state index in [9.17, 15) is 4.79 Å². The van der Waals surface area contributed by atoms with Crippen LogP contribution in [0, 0.1) is 18.8 Å². The van der Waals surface area contributed by atoms with Crippen molar-refractivity contribution in [2.75, 3.05) is 50.1 Å². The lowest BCUT2D eigenvalue weighted by Crippen LogP contribution is -2.36. The van der Waals surface area contributed by atoms with E-state index in [4.69, 9.17) is 4.74 Å². The van der Waals surface area contributed by atoms with Crippen LogP contribution in [-0.2, 0) is 11.3 Å². The van der Waals surface area contributed by atoms with E-state index in [0.717, 1.165) is 48.8 Å². The number of rotatable bonds is 5. The molecule has 0 bridgehead atoms. The Bertz CT molecular complexity index is 1070. The number of hydrogen-bond donors (Lipinski definition) is 1. The third kappa shape index (κ3) is 3.81. The predicted octanol–water partition coefficient (Wildman–Crippen LogP) is 2.38. The molecule has 4 heterocycles. The van der Waals surface area contributed by atoms with Gasteiger partial charge in [-0.05, 0) is 19.1 Å². The summed E-state index contributed by atoms with van der Waals surface area (Å²) in [4.78, 5) is 30.5. The number of hydrogen-bond acceptors (Lipinski definition) is 6. The van der Waals surface area contributed by atoms with E-state index in [1.54, 1.807) is 19.8 Å². The molecule has 0 saturated carbocycles. The van der Waals surface area contributed by atoms with E-state index >= 15 is 0 Å². The van der Waals surface area contributed by atoms with Crippen LogP contribution in [0.1, 0.15) is 5.56 Å². The van der Waals surface area contributed by atoms with Crippen LogP contribution in [-0.4, -0.2) is 70.3 Å². The number of aryl methyl sites for hydroxylation is 1. The zero-order valence-corrected chi connectivity index (χ0v) is 17.9. The van der Waals surface area contributed by atoms with Gasteiger partial charge in [-0.3, -0.25) is 0 Å². The van der Waals surface area contributed by atoms with Gasteiger partial charge >= 0.3 is 6.03 Å². The van der Waals surface area contributed by atoms with E-state index in [1.165, 1.54) is 5.56 Å². The fraction of sp³-hybridized carbons (Fsp3) is 0.455. The van der Waals surface area contributed by atoms with Crippen molar-refractivity contribution in [3.05, 3.63) is 42.5 Å². The first-order valence-electron chi connectivity index (χ1n) is 10.6. The fourth-order valence-corrected chi connectivity index (χ4v) is 4.62. The molecule has 3 aromatic rings. The number of amides is 2. The highest BCUT2D eigenvalue weighted by atomic mass is 16.5. The number of methoxy groups -OCH3 is 1. The molecule has 2 amide bonds. The quantitative estimate of drug-likeness (QED) is 0.681. The third-order valence-electron chi connectivity index (χ3n) is 6.29. The highest BCUT2D eigenvalue weighted by molar-refractivity contribution is 5.89. The van der Waals surface area contributed by atoms with Crippen LogP contribution in [0.3, 0.4) is 0 Å². The summed E-state index contributed by atoms with van der Waals surface area (Å²) < 4.78 is 7.17. The average molecular weight is 422 g/mol. The molecule has 162 valence electrons.